The fourth-order valence-electron chi connectivity index (χ4n) is 2.99. The van der Waals surface area contributed by atoms with E-state index < -0.39 is 5.91 Å². The number of carbonyl (C=O) groups excluding carboxylic acids is 1. The van der Waals surface area contributed by atoms with E-state index in [9.17, 15) is 9.59 Å². The van der Waals surface area contributed by atoms with Gasteiger partial charge in [0, 0.05) is 38.7 Å². The number of nitrogens with zero attached hydrogens (tertiary/aromatic N) is 1. The molecule has 0 fully saturated rings. The lowest BCUT2D eigenvalue weighted by molar-refractivity contribution is 0.102. The van der Waals surface area contributed by atoms with Crippen molar-refractivity contribution in [2.24, 2.45) is 0 Å². The van der Waals surface area contributed by atoms with Crippen molar-refractivity contribution in [2.45, 2.75) is 6.92 Å². The first-order valence-corrected chi connectivity index (χ1v) is 8.87. The number of rotatable bonds is 2. The second-order valence-corrected chi connectivity index (χ2v) is 6.95. The molecular weight excluding hydrogens is 385 g/mol. The van der Waals surface area contributed by atoms with Gasteiger partial charge in [-0.25, -0.2) is 0 Å². The van der Waals surface area contributed by atoms with Gasteiger partial charge >= 0.3 is 0 Å². The third-order valence-electron chi connectivity index (χ3n) is 4.44. The molecule has 0 saturated carbocycles. The average Bonchev–Trinajstić information content (AvgIpc) is 2.66. The van der Waals surface area contributed by atoms with E-state index in [1.807, 2.05) is 6.92 Å². The molecule has 0 bridgehead atoms. The molecule has 4 rings (SSSR count). The minimum absolute atomic E-state index is 0.000384. The average molecular weight is 398 g/mol. The summed E-state index contributed by atoms with van der Waals surface area (Å²) in [6.45, 7) is 1.86. The van der Waals surface area contributed by atoms with Gasteiger partial charge in [0.15, 0.2) is 0 Å². The molecule has 0 unspecified atom stereocenters. The highest BCUT2D eigenvalue weighted by Gasteiger charge is 2.15. The standard InChI is InChI=1S/C20H13Cl2N3O2/c1-10-15(22)4-3-12-17(6-7-23-18(10)12)25-20(27)14-9-24-16-5-2-11(21)8-13(16)19(14)26/h2-9H,1H3,(H,24,26)(H,23,25,27). The number of halogens is 2. The van der Waals surface area contributed by atoms with Gasteiger partial charge in [-0.3, -0.25) is 14.6 Å². The Labute approximate surface area is 164 Å². The predicted molar refractivity (Wildman–Crippen MR) is 109 cm³/mol. The molecular formula is C20H13Cl2N3O2. The first-order valence-electron chi connectivity index (χ1n) is 8.12. The highest BCUT2D eigenvalue weighted by Crippen LogP contribution is 2.28. The number of H-pyrrole nitrogens is 1. The highest BCUT2D eigenvalue weighted by molar-refractivity contribution is 6.32. The molecule has 0 radical (unpaired) electrons. The van der Waals surface area contributed by atoms with Crippen molar-refractivity contribution in [3.8, 4) is 0 Å². The van der Waals surface area contributed by atoms with Crippen LogP contribution in [0.25, 0.3) is 21.8 Å². The van der Waals surface area contributed by atoms with Crippen LogP contribution in [0.5, 0.6) is 0 Å². The first kappa shape index (κ1) is 17.5. The maximum atomic E-state index is 12.7. The first-order chi connectivity index (χ1) is 13.0. The van der Waals surface area contributed by atoms with Gasteiger partial charge in [-0.05, 0) is 48.9 Å². The zero-order valence-corrected chi connectivity index (χ0v) is 15.7. The molecule has 5 nitrogen and oxygen atoms in total. The van der Waals surface area contributed by atoms with Crippen LogP contribution in [0.15, 0.2) is 53.6 Å². The van der Waals surface area contributed by atoms with Crippen molar-refractivity contribution in [2.75, 3.05) is 5.32 Å². The molecule has 0 aliphatic carbocycles. The summed E-state index contributed by atoms with van der Waals surface area (Å²) in [6, 6.07) is 10.1. The van der Waals surface area contributed by atoms with E-state index in [0.717, 1.165) is 10.9 Å². The molecule has 0 atom stereocenters. The molecule has 2 aromatic carbocycles. The van der Waals surface area contributed by atoms with Gasteiger partial charge in [-0.1, -0.05) is 23.2 Å². The second-order valence-electron chi connectivity index (χ2n) is 6.10. The molecule has 2 aromatic heterocycles. The van der Waals surface area contributed by atoms with Crippen LogP contribution in [-0.4, -0.2) is 15.9 Å². The van der Waals surface area contributed by atoms with Gasteiger partial charge in [-0.2, -0.15) is 0 Å². The van der Waals surface area contributed by atoms with Crippen LogP contribution in [0.3, 0.4) is 0 Å². The molecule has 2 heterocycles. The van der Waals surface area contributed by atoms with Crippen LogP contribution in [0.1, 0.15) is 15.9 Å². The van der Waals surface area contributed by atoms with Crippen LogP contribution in [-0.2, 0) is 0 Å². The normalized spacial score (nSPS) is 11.1. The minimum atomic E-state index is -0.516. The Morgan fingerprint density at radius 1 is 1.11 bits per heavy atom. The maximum absolute atomic E-state index is 12.7. The van der Waals surface area contributed by atoms with Crippen molar-refractivity contribution >= 4 is 56.6 Å². The molecule has 0 spiro atoms. The van der Waals surface area contributed by atoms with Crippen molar-refractivity contribution in [3.05, 3.63) is 80.2 Å². The van der Waals surface area contributed by atoms with Crippen molar-refractivity contribution in [1.82, 2.24) is 9.97 Å². The number of fused-ring (bicyclic) bond motifs is 2. The Morgan fingerprint density at radius 2 is 1.93 bits per heavy atom. The largest absolute Gasteiger partial charge is 0.360 e. The Hall–Kier alpha value is -2.89. The van der Waals surface area contributed by atoms with E-state index in [4.69, 9.17) is 23.2 Å². The summed E-state index contributed by atoms with van der Waals surface area (Å²) in [4.78, 5) is 32.7. The Kier molecular flexibility index (Phi) is 4.34. The molecule has 0 saturated heterocycles. The third kappa shape index (κ3) is 3.05. The topological polar surface area (TPSA) is 74.8 Å². The monoisotopic (exact) mass is 397 g/mol. The second kappa shape index (κ2) is 6.68. The number of aryl methyl sites for hydroxylation is 1. The van der Waals surface area contributed by atoms with Crippen LogP contribution in [0.2, 0.25) is 10.0 Å². The maximum Gasteiger partial charge on any atom is 0.261 e. The van der Waals surface area contributed by atoms with E-state index in [1.54, 1.807) is 42.6 Å². The summed E-state index contributed by atoms with van der Waals surface area (Å²) in [6.07, 6.45) is 2.99. The number of hydrogen-bond acceptors (Lipinski definition) is 3. The third-order valence-corrected chi connectivity index (χ3v) is 5.08. The Balaban J connectivity index is 1.78. The van der Waals surface area contributed by atoms with E-state index in [1.165, 1.54) is 6.20 Å². The zero-order chi connectivity index (χ0) is 19.1. The zero-order valence-electron chi connectivity index (χ0n) is 14.1. The van der Waals surface area contributed by atoms with Crippen LogP contribution in [0, 0.1) is 6.92 Å². The number of amides is 1. The molecule has 4 aromatic rings. The van der Waals surface area contributed by atoms with Gasteiger partial charge in [0.1, 0.15) is 5.56 Å². The van der Waals surface area contributed by atoms with E-state index in [2.05, 4.69) is 15.3 Å². The minimum Gasteiger partial charge on any atom is -0.360 e. The quantitative estimate of drug-likeness (QED) is 0.502. The molecule has 134 valence electrons. The SMILES string of the molecule is Cc1c(Cl)ccc2c(NC(=O)c3c[nH]c4ccc(Cl)cc4c3=O)ccnc12. The number of hydrogen-bond donors (Lipinski definition) is 2. The number of benzene rings is 2. The van der Waals surface area contributed by atoms with E-state index in [-0.39, 0.29) is 11.0 Å². The number of pyridine rings is 2. The van der Waals surface area contributed by atoms with Crippen LogP contribution < -0.4 is 10.7 Å². The predicted octanol–water partition coefficient (Wildman–Crippen LogP) is 4.94. The summed E-state index contributed by atoms with van der Waals surface area (Å²) in [5.41, 5.74) is 2.29. The fourth-order valence-corrected chi connectivity index (χ4v) is 3.32. The number of nitrogens with one attached hydrogen (secondary N) is 2. The van der Waals surface area contributed by atoms with Gasteiger partial charge in [-0.15, -0.1) is 0 Å². The van der Waals surface area contributed by atoms with Crippen LogP contribution >= 0.6 is 23.2 Å². The van der Waals surface area contributed by atoms with Crippen molar-refractivity contribution in [1.29, 1.82) is 0 Å². The van der Waals surface area contributed by atoms with Gasteiger partial charge in [0.2, 0.25) is 5.43 Å². The fraction of sp³-hybridized carbons (Fsp3) is 0.0500. The Bertz CT molecular complexity index is 1280. The van der Waals surface area contributed by atoms with Gasteiger partial charge < -0.3 is 10.3 Å². The lowest BCUT2D eigenvalue weighted by atomic mass is 10.1. The number of aromatic amines is 1. The molecule has 27 heavy (non-hydrogen) atoms. The molecule has 7 heteroatoms. The molecule has 1 amide bonds. The van der Waals surface area contributed by atoms with Crippen molar-refractivity contribution < 1.29 is 4.79 Å². The van der Waals surface area contributed by atoms with Gasteiger partial charge in [0.05, 0.1) is 11.2 Å². The van der Waals surface area contributed by atoms with Crippen LogP contribution in [0.4, 0.5) is 5.69 Å². The summed E-state index contributed by atoms with van der Waals surface area (Å²) < 4.78 is 0. The smallest absolute Gasteiger partial charge is 0.261 e. The van der Waals surface area contributed by atoms with Crippen molar-refractivity contribution in [3.63, 3.8) is 0 Å². The number of carbonyl (C=O) groups is 1. The molecule has 2 N–H and O–H groups in total. The summed E-state index contributed by atoms with van der Waals surface area (Å²) in [5, 5.41) is 4.92. The lowest BCUT2D eigenvalue weighted by Crippen LogP contribution is -2.22. The van der Waals surface area contributed by atoms with Gasteiger partial charge in [0.25, 0.3) is 5.91 Å². The Morgan fingerprint density at radius 3 is 2.74 bits per heavy atom. The summed E-state index contributed by atoms with van der Waals surface area (Å²) in [5.74, 6) is -0.516. The highest BCUT2D eigenvalue weighted by atomic mass is 35.5. The number of aromatic nitrogens is 2. The summed E-state index contributed by atoms with van der Waals surface area (Å²) >= 11 is 12.1. The van der Waals surface area contributed by atoms with E-state index >= 15 is 0 Å². The van der Waals surface area contributed by atoms with E-state index in [0.29, 0.717) is 32.2 Å². The summed E-state index contributed by atoms with van der Waals surface area (Å²) in [7, 11) is 0. The molecule has 0 aliphatic rings. The number of anilines is 1. The molecule has 0 aliphatic heterocycles. The lowest BCUT2D eigenvalue weighted by Gasteiger charge is -2.10.